The maximum Gasteiger partial charge on any atom is 0.160 e. The van der Waals surface area contributed by atoms with Gasteiger partial charge in [-0.2, -0.15) is 0 Å². The fourth-order valence-corrected chi connectivity index (χ4v) is 10.7. The third-order valence-corrected chi connectivity index (χ3v) is 13.5. The van der Waals surface area contributed by atoms with E-state index in [1.807, 2.05) is 18.2 Å². The summed E-state index contributed by atoms with van der Waals surface area (Å²) in [6, 6.07) is 74.4. The summed E-state index contributed by atoms with van der Waals surface area (Å²) in [7, 11) is 0. The quantitative estimate of drug-likeness (QED) is 0.174. The minimum absolute atomic E-state index is 0.249. The first-order valence-electron chi connectivity index (χ1n) is 21.8. The Morgan fingerprint density at radius 3 is 1.71 bits per heavy atom. The maximum absolute atomic E-state index is 5.21. The molecule has 1 aliphatic rings. The number of nitrogens with zero attached hydrogens (tertiary/aromatic N) is 4. The first-order valence-corrected chi connectivity index (χ1v) is 21.8. The lowest BCUT2D eigenvalue weighted by Crippen LogP contribution is -2.15. The smallest absolute Gasteiger partial charge is 0.160 e. The van der Waals surface area contributed by atoms with Crippen LogP contribution in [0, 0.1) is 0 Å². The van der Waals surface area contributed by atoms with Gasteiger partial charge in [0.1, 0.15) is 0 Å². The predicted octanol–water partition coefficient (Wildman–Crippen LogP) is 15.1. The van der Waals surface area contributed by atoms with Gasteiger partial charge in [0.25, 0.3) is 0 Å². The molecule has 0 atom stereocenters. The van der Waals surface area contributed by atoms with Crippen LogP contribution in [0.25, 0.3) is 111 Å². The van der Waals surface area contributed by atoms with Crippen LogP contribution in [0.5, 0.6) is 0 Å². The molecular formula is C59H40N4. The van der Waals surface area contributed by atoms with Crippen LogP contribution in [0.2, 0.25) is 0 Å². The van der Waals surface area contributed by atoms with Crippen molar-refractivity contribution in [2.75, 3.05) is 0 Å². The summed E-state index contributed by atoms with van der Waals surface area (Å²) in [6.07, 6.45) is 0. The molecule has 0 fully saturated rings. The molecule has 0 aliphatic heterocycles. The van der Waals surface area contributed by atoms with Crippen LogP contribution < -0.4 is 0 Å². The van der Waals surface area contributed by atoms with E-state index in [1.54, 1.807) is 0 Å². The van der Waals surface area contributed by atoms with Gasteiger partial charge in [0.05, 0.1) is 33.5 Å². The zero-order chi connectivity index (χ0) is 41.8. The molecule has 0 bridgehead atoms. The molecule has 13 rings (SSSR count). The minimum atomic E-state index is -0.249. The number of rotatable bonds is 5. The van der Waals surface area contributed by atoms with Crippen LogP contribution in [0.3, 0.4) is 0 Å². The minimum Gasteiger partial charge on any atom is -0.309 e. The molecule has 0 unspecified atom stereocenters. The SMILES string of the molecule is CC1(C)c2ccccc2-c2c1c1c3ccccc3n(-c3ccc(-c4cc(-c5ccc6ccccc6c5)nc(-c5ccccc5)n4)cc3)c1c1c3ccccc3n(-c3ccccc3)c21. The standard InChI is InChI=1S/C59H40N4/c1-59(2)47-26-14-11-23-44(47)52-55(59)53-45-24-12-15-27-50(45)63(57(53)54-46-25-13-16-28-51(46)62(56(52)54)42-21-7-4-8-22-42)43-33-31-38(32-34-43)48-36-49(61-58(60-48)39-18-5-3-6-19-39)41-30-29-37-17-9-10-20-40(37)35-41/h3-36H,1-2H3. The first-order chi connectivity index (χ1) is 31.0. The Bertz CT molecular complexity index is 3800. The van der Waals surface area contributed by atoms with E-state index < -0.39 is 0 Å². The highest BCUT2D eigenvalue weighted by atomic mass is 15.0. The summed E-state index contributed by atoms with van der Waals surface area (Å²) in [6.45, 7) is 4.83. The highest BCUT2D eigenvalue weighted by Crippen LogP contribution is 2.58. The second kappa shape index (κ2) is 13.5. The Kier molecular flexibility index (Phi) is 7.62. The van der Waals surface area contributed by atoms with Gasteiger partial charge in [-0.05, 0) is 76.0 Å². The molecule has 3 heterocycles. The van der Waals surface area contributed by atoms with Crippen molar-refractivity contribution in [3.05, 3.63) is 217 Å². The third-order valence-electron chi connectivity index (χ3n) is 13.5. The summed E-state index contributed by atoms with van der Waals surface area (Å²) in [5.74, 6) is 0.706. The van der Waals surface area contributed by atoms with E-state index in [0.29, 0.717) is 5.82 Å². The number of aromatic nitrogens is 4. The van der Waals surface area contributed by atoms with Crippen molar-refractivity contribution in [3.8, 4) is 56.4 Å². The molecule has 4 heteroatoms. The fourth-order valence-electron chi connectivity index (χ4n) is 10.7. The highest BCUT2D eigenvalue weighted by Gasteiger charge is 2.41. The molecule has 0 spiro atoms. The summed E-state index contributed by atoms with van der Waals surface area (Å²) >= 11 is 0. The second-order valence-corrected chi connectivity index (χ2v) is 17.3. The van der Waals surface area contributed by atoms with Crippen molar-refractivity contribution in [1.82, 2.24) is 19.1 Å². The molecule has 1 aliphatic carbocycles. The lowest BCUT2D eigenvalue weighted by atomic mass is 9.80. The molecule has 0 radical (unpaired) electrons. The number of hydrogen-bond acceptors (Lipinski definition) is 2. The van der Waals surface area contributed by atoms with Gasteiger partial charge in [0.15, 0.2) is 5.82 Å². The second-order valence-electron chi connectivity index (χ2n) is 17.3. The largest absolute Gasteiger partial charge is 0.309 e. The highest BCUT2D eigenvalue weighted by molar-refractivity contribution is 6.31. The molecule has 12 aromatic rings. The van der Waals surface area contributed by atoms with Gasteiger partial charge in [-0.3, -0.25) is 0 Å². The van der Waals surface area contributed by atoms with Crippen molar-refractivity contribution >= 4 is 54.4 Å². The van der Waals surface area contributed by atoms with Crippen molar-refractivity contribution in [3.63, 3.8) is 0 Å². The van der Waals surface area contributed by atoms with E-state index in [2.05, 4.69) is 211 Å². The van der Waals surface area contributed by atoms with E-state index in [0.717, 1.165) is 39.5 Å². The lowest BCUT2D eigenvalue weighted by molar-refractivity contribution is 0.667. The van der Waals surface area contributed by atoms with Crippen LogP contribution in [0.4, 0.5) is 0 Å². The Morgan fingerprint density at radius 2 is 0.968 bits per heavy atom. The number of para-hydroxylation sites is 3. The van der Waals surface area contributed by atoms with Crippen LogP contribution in [0.1, 0.15) is 25.0 Å². The van der Waals surface area contributed by atoms with Crippen molar-refractivity contribution < 1.29 is 0 Å². The van der Waals surface area contributed by atoms with Crippen LogP contribution >= 0.6 is 0 Å². The number of fused-ring (bicyclic) bond motifs is 13. The van der Waals surface area contributed by atoms with Gasteiger partial charge in [0, 0.05) is 60.6 Å². The van der Waals surface area contributed by atoms with Gasteiger partial charge in [-0.1, -0.05) is 172 Å². The molecule has 0 saturated heterocycles. The maximum atomic E-state index is 5.21. The van der Waals surface area contributed by atoms with Crippen molar-refractivity contribution in [2.45, 2.75) is 19.3 Å². The summed E-state index contributed by atoms with van der Waals surface area (Å²) in [5.41, 5.74) is 17.1. The van der Waals surface area contributed by atoms with Crippen LogP contribution in [0.15, 0.2) is 206 Å². The van der Waals surface area contributed by atoms with E-state index in [9.17, 15) is 0 Å². The van der Waals surface area contributed by atoms with Gasteiger partial charge in [-0.15, -0.1) is 0 Å². The average Bonchev–Trinajstić information content (AvgIpc) is 3.95. The monoisotopic (exact) mass is 804 g/mol. The number of benzene rings is 9. The summed E-state index contributed by atoms with van der Waals surface area (Å²) < 4.78 is 5.03. The summed E-state index contributed by atoms with van der Waals surface area (Å²) in [4.78, 5) is 10.4. The molecular weight excluding hydrogens is 765 g/mol. The van der Waals surface area contributed by atoms with Crippen LogP contribution in [-0.4, -0.2) is 19.1 Å². The van der Waals surface area contributed by atoms with Gasteiger partial charge >= 0.3 is 0 Å². The molecule has 9 aromatic carbocycles. The van der Waals surface area contributed by atoms with Crippen molar-refractivity contribution in [2.24, 2.45) is 0 Å². The zero-order valence-corrected chi connectivity index (χ0v) is 34.9. The topological polar surface area (TPSA) is 35.6 Å². The van der Waals surface area contributed by atoms with E-state index >= 15 is 0 Å². The molecule has 296 valence electrons. The van der Waals surface area contributed by atoms with Gasteiger partial charge < -0.3 is 9.13 Å². The molecule has 0 saturated carbocycles. The fraction of sp³-hybridized carbons (Fsp3) is 0.0508. The molecule has 63 heavy (non-hydrogen) atoms. The van der Waals surface area contributed by atoms with E-state index in [4.69, 9.17) is 9.97 Å². The Morgan fingerprint density at radius 1 is 0.413 bits per heavy atom. The number of hydrogen-bond donors (Lipinski definition) is 0. The lowest BCUT2D eigenvalue weighted by Gasteiger charge is -2.23. The third kappa shape index (κ3) is 5.22. The van der Waals surface area contributed by atoms with Crippen molar-refractivity contribution in [1.29, 1.82) is 0 Å². The van der Waals surface area contributed by atoms with E-state index in [1.165, 1.54) is 76.6 Å². The predicted molar refractivity (Wildman–Crippen MR) is 262 cm³/mol. The molecule has 0 N–H and O–H groups in total. The van der Waals surface area contributed by atoms with Crippen LogP contribution in [-0.2, 0) is 5.41 Å². The zero-order valence-electron chi connectivity index (χ0n) is 34.9. The van der Waals surface area contributed by atoms with Gasteiger partial charge in [0.2, 0.25) is 0 Å². The molecule has 4 nitrogen and oxygen atoms in total. The average molecular weight is 805 g/mol. The molecule has 3 aromatic heterocycles. The van der Waals surface area contributed by atoms with E-state index in [-0.39, 0.29) is 5.41 Å². The first kappa shape index (κ1) is 35.7. The Labute approximate surface area is 365 Å². The molecule has 0 amide bonds. The Hall–Kier alpha value is -8.08. The van der Waals surface area contributed by atoms with Gasteiger partial charge in [-0.25, -0.2) is 9.97 Å². The Balaban J connectivity index is 1.09. The normalized spacial score (nSPS) is 13.0. The summed E-state index contributed by atoms with van der Waals surface area (Å²) in [5, 5.41) is 7.47.